The van der Waals surface area contributed by atoms with Crippen molar-refractivity contribution in [2.24, 2.45) is 5.73 Å². The van der Waals surface area contributed by atoms with Crippen LogP contribution in [0.15, 0.2) is 0 Å². The second-order valence-corrected chi connectivity index (χ2v) is 4.55. The number of hydrogen-bond donors (Lipinski definition) is 1. The molecule has 1 amide bonds. The molecule has 0 spiro atoms. The molecule has 1 rings (SSSR count). The fourth-order valence-corrected chi connectivity index (χ4v) is 2.49. The van der Waals surface area contributed by atoms with Crippen LogP contribution in [0.3, 0.4) is 0 Å². The number of nitrogens with zero attached hydrogens (tertiary/aromatic N) is 1. The van der Waals surface area contributed by atoms with Crippen LogP contribution in [0.25, 0.3) is 0 Å². The third-order valence-corrected chi connectivity index (χ3v) is 3.02. The van der Waals surface area contributed by atoms with Gasteiger partial charge in [0.05, 0.1) is 4.92 Å². The van der Waals surface area contributed by atoms with Crippen molar-refractivity contribution < 1.29 is 14.5 Å². The molecule has 6 nitrogen and oxygen atoms in total. The van der Waals surface area contributed by atoms with Crippen molar-refractivity contribution in [3.8, 4) is 0 Å². The van der Waals surface area contributed by atoms with E-state index in [9.17, 15) is 19.7 Å². The van der Waals surface area contributed by atoms with Gasteiger partial charge >= 0.3 is 5.69 Å². The Labute approximate surface area is 96.7 Å². The lowest BCUT2D eigenvalue weighted by molar-refractivity contribution is -0.384. The lowest BCUT2D eigenvalue weighted by atomic mass is 10.2. The zero-order valence-corrected chi connectivity index (χ0v) is 9.15. The van der Waals surface area contributed by atoms with E-state index in [0.29, 0.717) is 11.3 Å². The first-order valence-electron chi connectivity index (χ1n) is 3.32. The van der Waals surface area contributed by atoms with E-state index in [1.807, 2.05) is 0 Å². The number of carbonyl (C=O) groups excluding carboxylic acids is 2. The number of carbonyl (C=O) groups is 2. The summed E-state index contributed by atoms with van der Waals surface area (Å²) in [4.78, 5) is 31.4. The van der Waals surface area contributed by atoms with Gasteiger partial charge in [-0.25, -0.2) is 0 Å². The fourth-order valence-electron chi connectivity index (χ4n) is 0.852. The second kappa shape index (κ2) is 4.13. The lowest BCUT2D eigenvalue weighted by Crippen LogP contribution is -2.23. The molecule has 1 aromatic rings. The molecule has 80 valence electrons. The number of hydrogen-bond acceptors (Lipinski definition) is 5. The SMILES string of the molecule is NC(=O)C(=O)c1c(Cl)sc(Cl)c1[N+](=O)[O-]. The number of rotatable bonds is 3. The fraction of sp³-hybridized carbons (Fsp3) is 0. The third kappa shape index (κ3) is 2.09. The summed E-state index contributed by atoms with van der Waals surface area (Å²) in [5.74, 6) is -2.55. The number of nitro groups is 1. The summed E-state index contributed by atoms with van der Waals surface area (Å²) in [6.07, 6.45) is 0. The van der Waals surface area contributed by atoms with Gasteiger partial charge in [-0.1, -0.05) is 23.2 Å². The average Bonchev–Trinajstić information content (AvgIpc) is 2.39. The van der Waals surface area contributed by atoms with Crippen LogP contribution in [-0.4, -0.2) is 16.6 Å². The minimum atomic E-state index is -1.32. The van der Waals surface area contributed by atoms with Gasteiger partial charge in [0.15, 0.2) is 4.34 Å². The van der Waals surface area contributed by atoms with Crippen LogP contribution in [0, 0.1) is 10.1 Å². The van der Waals surface area contributed by atoms with Crippen LogP contribution in [0.5, 0.6) is 0 Å². The van der Waals surface area contributed by atoms with E-state index in [1.54, 1.807) is 0 Å². The molecule has 0 unspecified atom stereocenters. The van der Waals surface area contributed by atoms with Gasteiger partial charge in [0.25, 0.3) is 11.7 Å². The first-order chi connectivity index (χ1) is 6.86. The van der Waals surface area contributed by atoms with Gasteiger partial charge in [0, 0.05) is 0 Å². The highest BCUT2D eigenvalue weighted by Crippen LogP contribution is 2.42. The second-order valence-electron chi connectivity index (χ2n) is 2.32. The normalized spacial score (nSPS) is 10.0. The van der Waals surface area contributed by atoms with Gasteiger partial charge in [0.2, 0.25) is 0 Å². The van der Waals surface area contributed by atoms with Crippen LogP contribution in [0.2, 0.25) is 8.67 Å². The topological polar surface area (TPSA) is 103 Å². The number of halogens is 2. The van der Waals surface area contributed by atoms with Crippen LogP contribution in [0.4, 0.5) is 5.69 Å². The molecule has 0 radical (unpaired) electrons. The van der Waals surface area contributed by atoms with Gasteiger partial charge in [-0.3, -0.25) is 19.7 Å². The molecule has 0 aromatic carbocycles. The van der Waals surface area contributed by atoms with Gasteiger partial charge in [-0.15, -0.1) is 11.3 Å². The molecule has 0 fully saturated rings. The van der Waals surface area contributed by atoms with Gasteiger partial charge in [0.1, 0.15) is 9.90 Å². The molecular formula is C6H2Cl2N2O4S. The minimum Gasteiger partial charge on any atom is -0.363 e. The van der Waals surface area contributed by atoms with E-state index < -0.39 is 27.9 Å². The summed E-state index contributed by atoms with van der Waals surface area (Å²) in [6, 6.07) is 0. The van der Waals surface area contributed by atoms with Crippen molar-refractivity contribution in [3.05, 3.63) is 24.4 Å². The summed E-state index contributed by atoms with van der Waals surface area (Å²) >= 11 is 11.6. The Bertz CT molecular complexity index is 470. The highest BCUT2D eigenvalue weighted by atomic mass is 35.5. The Morgan fingerprint density at radius 2 is 1.87 bits per heavy atom. The molecule has 0 saturated carbocycles. The molecule has 15 heavy (non-hydrogen) atoms. The summed E-state index contributed by atoms with van der Waals surface area (Å²) in [5.41, 5.74) is 3.47. The Kier molecular flexibility index (Phi) is 3.28. The van der Waals surface area contributed by atoms with Crippen LogP contribution in [-0.2, 0) is 4.79 Å². The largest absolute Gasteiger partial charge is 0.363 e. The molecule has 0 atom stereocenters. The monoisotopic (exact) mass is 268 g/mol. The van der Waals surface area contributed by atoms with Crippen molar-refractivity contribution in [3.63, 3.8) is 0 Å². The maximum atomic E-state index is 11.2. The first-order valence-corrected chi connectivity index (χ1v) is 4.89. The Morgan fingerprint density at radius 3 is 2.27 bits per heavy atom. The van der Waals surface area contributed by atoms with Crippen LogP contribution < -0.4 is 5.73 Å². The number of Topliss-reactive ketones (excluding diaryl/α,β-unsaturated/α-hetero) is 1. The zero-order chi connectivity index (χ0) is 11.7. The van der Waals surface area contributed by atoms with E-state index in [-0.39, 0.29) is 8.67 Å². The third-order valence-electron chi connectivity index (χ3n) is 1.43. The minimum absolute atomic E-state index is 0.226. The molecule has 1 aromatic heterocycles. The number of nitrogens with two attached hydrogens (primary N) is 1. The highest BCUT2D eigenvalue weighted by Gasteiger charge is 2.33. The first kappa shape index (κ1) is 11.9. The lowest BCUT2D eigenvalue weighted by Gasteiger charge is -1.93. The number of thiophene rings is 1. The summed E-state index contributed by atoms with van der Waals surface area (Å²) in [7, 11) is 0. The smallest absolute Gasteiger partial charge is 0.311 e. The van der Waals surface area contributed by atoms with E-state index in [1.165, 1.54) is 0 Å². The van der Waals surface area contributed by atoms with Gasteiger partial charge < -0.3 is 5.73 Å². The maximum Gasteiger partial charge on any atom is 0.311 e. The molecule has 9 heteroatoms. The molecular weight excluding hydrogens is 267 g/mol. The van der Waals surface area contributed by atoms with Crippen molar-refractivity contribution in [2.45, 2.75) is 0 Å². The highest BCUT2D eigenvalue weighted by molar-refractivity contribution is 7.21. The van der Waals surface area contributed by atoms with Gasteiger partial charge in [-0.05, 0) is 0 Å². The molecule has 0 aliphatic heterocycles. The van der Waals surface area contributed by atoms with Crippen molar-refractivity contribution in [1.29, 1.82) is 0 Å². The van der Waals surface area contributed by atoms with E-state index in [4.69, 9.17) is 28.9 Å². The molecule has 0 aliphatic carbocycles. The molecule has 0 aliphatic rings. The van der Waals surface area contributed by atoms with Crippen molar-refractivity contribution >= 4 is 51.9 Å². The van der Waals surface area contributed by atoms with Crippen LogP contribution >= 0.6 is 34.5 Å². The molecule has 0 saturated heterocycles. The summed E-state index contributed by atoms with van der Waals surface area (Å²) in [6.45, 7) is 0. The Hall–Kier alpha value is -1.18. The zero-order valence-electron chi connectivity index (χ0n) is 6.82. The van der Waals surface area contributed by atoms with Crippen molar-refractivity contribution in [2.75, 3.05) is 0 Å². The van der Waals surface area contributed by atoms with Gasteiger partial charge in [-0.2, -0.15) is 0 Å². The maximum absolute atomic E-state index is 11.2. The summed E-state index contributed by atoms with van der Waals surface area (Å²) in [5, 5.41) is 10.5. The van der Waals surface area contributed by atoms with E-state index in [0.717, 1.165) is 0 Å². The number of amides is 1. The number of ketones is 1. The number of primary amides is 1. The average molecular weight is 269 g/mol. The van der Waals surface area contributed by atoms with Crippen molar-refractivity contribution in [1.82, 2.24) is 0 Å². The predicted molar refractivity (Wildman–Crippen MR) is 54.5 cm³/mol. The van der Waals surface area contributed by atoms with Crippen LogP contribution in [0.1, 0.15) is 10.4 Å². The summed E-state index contributed by atoms with van der Waals surface area (Å²) < 4.78 is -0.495. The van der Waals surface area contributed by atoms with E-state index in [2.05, 4.69) is 0 Å². The molecule has 1 heterocycles. The Balaban J connectivity index is 3.46. The predicted octanol–water partition coefficient (Wildman–Crippen LogP) is 1.63. The quantitative estimate of drug-likeness (QED) is 0.389. The van der Waals surface area contributed by atoms with E-state index >= 15 is 0 Å². The molecule has 0 bridgehead atoms. The standard InChI is InChI=1S/C6H2Cl2N2O4S/c7-4-1(3(11)6(9)12)2(10(13)14)5(8)15-4/h(H2,9,12). The molecule has 2 N–H and O–H groups in total. The Morgan fingerprint density at radius 1 is 1.33 bits per heavy atom.